The van der Waals surface area contributed by atoms with E-state index in [2.05, 4.69) is 38.5 Å². The summed E-state index contributed by atoms with van der Waals surface area (Å²) in [6, 6.07) is 15.2. The molecule has 3 heterocycles. The van der Waals surface area contributed by atoms with E-state index in [0.717, 1.165) is 56.3 Å². The zero-order valence-corrected chi connectivity index (χ0v) is 22.7. The van der Waals surface area contributed by atoms with Crippen molar-refractivity contribution < 1.29 is 19.1 Å². The van der Waals surface area contributed by atoms with Gasteiger partial charge in [0.2, 0.25) is 5.88 Å². The Kier molecular flexibility index (Phi) is 8.71. The third kappa shape index (κ3) is 6.55. The molecule has 5 rings (SSSR count). The van der Waals surface area contributed by atoms with Gasteiger partial charge in [-0.05, 0) is 54.3 Å². The van der Waals surface area contributed by atoms with Crippen molar-refractivity contribution in [2.75, 3.05) is 65.4 Å². The largest absolute Gasteiger partial charge is 0.481 e. The zero-order chi connectivity index (χ0) is 27.2. The van der Waals surface area contributed by atoms with Crippen LogP contribution in [0.5, 0.6) is 5.88 Å². The second-order valence-electron chi connectivity index (χ2n) is 10.4. The second kappa shape index (κ2) is 12.5. The monoisotopic (exact) mass is 531 g/mol. The molecule has 0 spiro atoms. The van der Waals surface area contributed by atoms with Crippen molar-refractivity contribution in [2.24, 2.45) is 5.92 Å². The van der Waals surface area contributed by atoms with Gasteiger partial charge in [0.25, 0.3) is 11.8 Å². The lowest BCUT2D eigenvalue weighted by atomic mass is 9.98. The second-order valence-corrected chi connectivity index (χ2v) is 10.4. The number of piperazine rings is 1. The molecule has 2 N–H and O–H groups in total. The van der Waals surface area contributed by atoms with Gasteiger partial charge < -0.3 is 25.0 Å². The molecule has 0 radical (unpaired) electrons. The SMILES string of the molecule is COc1ccc(NC(=O)c2ccc(CN3CCN(C)CC3)c3ccccc23)c(C(=O)NCC2CCOCC2)n1. The molecule has 2 saturated heterocycles. The minimum absolute atomic E-state index is 0.130. The first-order valence-corrected chi connectivity index (χ1v) is 13.7. The van der Waals surface area contributed by atoms with Crippen molar-refractivity contribution in [3.05, 3.63) is 65.4 Å². The summed E-state index contributed by atoms with van der Waals surface area (Å²) in [6.45, 7) is 6.96. The minimum Gasteiger partial charge on any atom is -0.481 e. The molecule has 2 aromatic carbocycles. The molecule has 1 aromatic heterocycles. The summed E-state index contributed by atoms with van der Waals surface area (Å²) in [4.78, 5) is 35.9. The number of methoxy groups -OCH3 is 1. The standard InChI is InChI=1S/C30H37N5O4/c1-34-13-15-35(16-14-34)20-22-7-8-25(24-6-4-3-5-23(22)24)29(36)32-26-9-10-27(38-2)33-28(26)30(37)31-19-21-11-17-39-18-12-21/h3-10,21H,11-20H2,1-2H3,(H,31,37)(H,32,36). The van der Waals surface area contributed by atoms with Crippen LogP contribution in [-0.2, 0) is 11.3 Å². The van der Waals surface area contributed by atoms with Gasteiger partial charge in [0, 0.05) is 64.1 Å². The van der Waals surface area contributed by atoms with Crippen LogP contribution in [0.1, 0.15) is 39.3 Å². The maximum Gasteiger partial charge on any atom is 0.272 e. The fourth-order valence-corrected chi connectivity index (χ4v) is 5.23. The van der Waals surface area contributed by atoms with Gasteiger partial charge in [-0.15, -0.1) is 0 Å². The Morgan fingerprint density at radius 3 is 2.46 bits per heavy atom. The zero-order valence-electron chi connectivity index (χ0n) is 22.7. The van der Waals surface area contributed by atoms with Crippen LogP contribution in [0.4, 0.5) is 5.69 Å². The van der Waals surface area contributed by atoms with Crippen LogP contribution >= 0.6 is 0 Å². The number of fused-ring (bicyclic) bond motifs is 1. The molecule has 2 fully saturated rings. The van der Waals surface area contributed by atoms with Gasteiger partial charge in [-0.3, -0.25) is 14.5 Å². The molecular weight excluding hydrogens is 494 g/mol. The van der Waals surface area contributed by atoms with Crippen molar-refractivity contribution in [1.29, 1.82) is 0 Å². The lowest BCUT2D eigenvalue weighted by Crippen LogP contribution is -2.43. The molecule has 3 aromatic rings. The van der Waals surface area contributed by atoms with Gasteiger partial charge in [-0.1, -0.05) is 30.3 Å². The van der Waals surface area contributed by atoms with E-state index in [0.29, 0.717) is 42.8 Å². The van der Waals surface area contributed by atoms with Crippen molar-refractivity contribution in [3.8, 4) is 5.88 Å². The van der Waals surface area contributed by atoms with Crippen molar-refractivity contribution in [3.63, 3.8) is 0 Å². The van der Waals surface area contributed by atoms with Gasteiger partial charge in [-0.25, -0.2) is 4.98 Å². The summed E-state index contributed by atoms with van der Waals surface area (Å²) < 4.78 is 10.7. The molecule has 39 heavy (non-hydrogen) atoms. The van der Waals surface area contributed by atoms with Gasteiger partial charge in [0.15, 0.2) is 5.69 Å². The van der Waals surface area contributed by atoms with Crippen LogP contribution in [0, 0.1) is 5.92 Å². The number of nitrogens with one attached hydrogen (secondary N) is 2. The molecule has 0 bridgehead atoms. The quantitative estimate of drug-likeness (QED) is 0.460. The van der Waals surface area contributed by atoms with Gasteiger partial charge in [0.1, 0.15) is 0 Å². The molecule has 2 aliphatic heterocycles. The molecule has 0 unspecified atom stereocenters. The number of aromatic nitrogens is 1. The number of carbonyl (C=O) groups is 2. The van der Waals surface area contributed by atoms with Crippen molar-refractivity contribution >= 4 is 28.3 Å². The van der Waals surface area contributed by atoms with Gasteiger partial charge in [0.05, 0.1) is 12.8 Å². The summed E-state index contributed by atoms with van der Waals surface area (Å²) in [7, 11) is 3.65. The third-order valence-corrected chi connectivity index (χ3v) is 7.68. The predicted octanol–water partition coefficient (Wildman–Crippen LogP) is 3.40. The number of carbonyl (C=O) groups excluding carboxylic acids is 2. The van der Waals surface area contributed by atoms with Crippen LogP contribution in [0.3, 0.4) is 0 Å². The van der Waals surface area contributed by atoms with Crippen LogP contribution in [0.15, 0.2) is 48.5 Å². The normalized spacial score (nSPS) is 17.2. The van der Waals surface area contributed by atoms with E-state index >= 15 is 0 Å². The molecule has 9 nitrogen and oxygen atoms in total. The fraction of sp³-hybridized carbons (Fsp3) is 0.433. The Labute approximate surface area is 229 Å². The Balaban J connectivity index is 1.35. The van der Waals surface area contributed by atoms with E-state index in [-0.39, 0.29) is 17.5 Å². The van der Waals surface area contributed by atoms with E-state index in [9.17, 15) is 9.59 Å². The summed E-state index contributed by atoms with van der Waals surface area (Å²) in [6.07, 6.45) is 1.82. The van der Waals surface area contributed by atoms with Crippen LogP contribution in [-0.4, -0.2) is 86.7 Å². The average molecular weight is 532 g/mol. The number of benzene rings is 2. The summed E-state index contributed by atoms with van der Waals surface area (Å²) in [5.74, 6) is 0.0378. The Bertz CT molecular complexity index is 1320. The van der Waals surface area contributed by atoms with Crippen LogP contribution in [0.2, 0.25) is 0 Å². The molecule has 206 valence electrons. The first-order chi connectivity index (χ1) is 19.0. The number of likely N-dealkylation sites (N-methyl/N-ethyl adjacent to an activating group) is 1. The Hall–Kier alpha value is -3.53. The lowest BCUT2D eigenvalue weighted by molar-refractivity contribution is 0.0642. The van der Waals surface area contributed by atoms with E-state index in [1.54, 1.807) is 12.1 Å². The van der Waals surface area contributed by atoms with E-state index in [4.69, 9.17) is 9.47 Å². The highest BCUT2D eigenvalue weighted by Gasteiger charge is 2.22. The topological polar surface area (TPSA) is 96.0 Å². The van der Waals surface area contributed by atoms with Gasteiger partial charge in [-0.2, -0.15) is 0 Å². The number of pyridine rings is 1. The van der Waals surface area contributed by atoms with E-state index in [1.165, 1.54) is 12.7 Å². The number of nitrogens with zero attached hydrogens (tertiary/aromatic N) is 3. The first-order valence-electron chi connectivity index (χ1n) is 13.7. The summed E-state index contributed by atoms with van der Waals surface area (Å²) >= 11 is 0. The average Bonchev–Trinajstić information content (AvgIpc) is 2.98. The predicted molar refractivity (Wildman–Crippen MR) is 151 cm³/mol. The molecule has 0 atom stereocenters. The van der Waals surface area contributed by atoms with Crippen LogP contribution < -0.4 is 15.4 Å². The van der Waals surface area contributed by atoms with E-state index < -0.39 is 0 Å². The molecule has 2 aliphatic rings. The molecular formula is C30H37N5O4. The van der Waals surface area contributed by atoms with Crippen molar-refractivity contribution in [1.82, 2.24) is 20.1 Å². The highest BCUT2D eigenvalue weighted by molar-refractivity contribution is 6.15. The smallest absolute Gasteiger partial charge is 0.272 e. The number of hydrogen-bond acceptors (Lipinski definition) is 7. The first kappa shape index (κ1) is 27.1. The number of amides is 2. The molecule has 2 amide bonds. The Morgan fingerprint density at radius 1 is 0.974 bits per heavy atom. The summed E-state index contributed by atoms with van der Waals surface area (Å²) in [5, 5.41) is 7.87. The van der Waals surface area contributed by atoms with Crippen LogP contribution in [0.25, 0.3) is 10.8 Å². The molecule has 0 saturated carbocycles. The maximum atomic E-state index is 13.6. The minimum atomic E-state index is -0.344. The maximum absolute atomic E-state index is 13.6. The highest BCUT2D eigenvalue weighted by atomic mass is 16.5. The number of rotatable bonds is 8. The Morgan fingerprint density at radius 2 is 1.72 bits per heavy atom. The van der Waals surface area contributed by atoms with Crippen molar-refractivity contribution in [2.45, 2.75) is 19.4 Å². The number of ether oxygens (including phenoxy) is 2. The molecule has 9 heteroatoms. The summed E-state index contributed by atoms with van der Waals surface area (Å²) in [5.41, 5.74) is 2.23. The highest BCUT2D eigenvalue weighted by Crippen LogP contribution is 2.26. The molecule has 0 aliphatic carbocycles. The number of anilines is 1. The lowest BCUT2D eigenvalue weighted by Gasteiger charge is -2.32. The van der Waals surface area contributed by atoms with E-state index in [1.807, 2.05) is 30.3 Å². The van der Waals surface area contributed by atoms with Gasteiger partial charge >= 0.3 is 0 Å². The third-order valence-electron chi connectivity index (χ3n) is 7.68. The fourth-order valence-electron chi connectivity index (χ4n) is 5.23. The number of hydrogen-bond donors (Lipinski definition) is 2.